The molecule has 0 aliphatic heterocycles. The molecule has 0 atom stereocenters. The van der Waals surface area contributed by atoms with E-state index >= 15 is 0 Å². The molecule has 0 heterocycles. The predicted octanol–water partition coefficient (Wildman–Crippen LogP) is 2.13. The van der Waals surface area contributed by atoms with Crippen LogP contribution in [0.15, 0.2) is 0 Å². The Kier molecular flexibility index (Phi) is 40.5. The SMILES string of the molecule is CC(=O)O.CCCCCCCCCCCC(=O)NO.C[CH-]CC.[Na+]. The summed E-state index contributed by atoms with van der Waals surface area (Å²) in [7, 11) is 0. The maximum atomic E-state index is 10.7. The fraction of sp³-hybridized carbons (Fsp3) is 0.833. The van der Waals surface area contributed by atoms with E-state index in [1.165, 1.54) is 51.4 Å². The van der Waals surface area contributed by atoms with Crippen molar-refractivity contribution in [3.8, 4) is 0 Å². The predicted molar refractivity (Wildman–Crippen MR) is 95.3 cm³/mol. The van der Waals surface area contributed by atoms with Gasteiger partial charge in [-0.2, -0.15) is 13.3 Å². The molecule has 140 valence electrons. The number of amides is 1. The van der Waals surface area contributed by atoms with Crippen molar-refractivity contribution in [1.29, 1.82) is 0 Å². The number of unbranched alkanes of at least 4 members (excludes halogenated alkanes) is 9. The van der Waals surface area contributed by atoms with Crippen LogP contribution in [0.2, 0.25) is 0 Å². The van der Waals surface area contributed by atoms with Gasteiger partial charge in [-0.3, -0.25) is 14.8 Å². The first-order chi connectivity index (χ1) is 11.0. The number of carboxylic acid groups (broad SMARTS) is 1. The van der Waals surface area contributed by atoms with Crippen LogP contribution < -0.4 is 35.0 Å². The number of rotatable bonds is 11. The Morgan fingerprint density at radius 3 is 1.54 bits per heavy atom. The molecule has 1 amide bonds. The molecule has 0 bridgehead atoms. The topological polar surface area (TPSA) is 86.6 Å². The van der Waals surface area contributed by atoms with E-state index in [2.05, 4.69) is 27.2 Å². The number of nitrogens with one attached hydrogen (secondary N) is 1. The number of hydrogen-bond donors (Lipinski definition) is 3. The minimum Gasteiger partial charge on any atom is -0.481 e. The van der Waals surface area contributed by atoms with Gasteiger partial charge in [-0.25, -0.2) is 5.48 Å². The fourth-order valence-electron chi connectivity index (χ4n) is 1.65. The minimum atomic E-state index is -0.833. The van der Waals surface area contributed by atoms with Crippen molar-refractivity contribution in [2.45, 2.75) is 98.3 Å². The van der Waals surface area contributed by atoms with Crippen LogP contribution in [0, 0.1) is 6.42 Å². The van der Waals surface area contributed by atoms with Gasteiger partial charge in [0.2, 0.25) is 5.91 Å². The zero-order chi connectivity index (χ0) is 18.3. The van der Waals surface area contributed by atoms with Crippen LogP contribution in [0.3, 0.4) is 0 Å². The first-order valence-electron chi connectivity index (χ1n) is 8.86. The Morgan fingerprint density at radius 1 is 0.917 bits per heavy atom. The molecule has 0 fully saturated rings. The zero-order valence-electron chi connectivity index (χ0n) is 16.6. The van der Waals surface area contributed by atoms with Gasteiger partial charge in [-0.1, -0.05) is 65.2 Å². The van der Waals surface area contributed by atoms with Crippen LogP contribution in [-0.2, 0) is 9.59 Å². The number of carbonyl (C=O) groups is 2. The molecule has 0 saturated heterocycles. The molecule has 3 N–H and O–H groups in total. The number of aliphatic carboxylic acids is 1. The van der Waals surface area contributed by atoms with Gasteiger partial charge < -0.3 is 11.5 Å². The average molecular weight is 355 g/mol. The Labute approximate surface area is 171 Å². The van der Waals surface area contributed by atoms with Gasteiger partial charge in [0.15, 0.2) is 0 Å². The van der Waals surface area contributed by atoms with Gasteiger partial charge in [0.1, 0.15) is 0 Å². The van der Waals surface area contributed by atoms with E-state index in [0.29, 0.717) is 6.42 Å². The van der Waals surface area contributed by atoms with Gasteiger partial charge >= 0.3 is 29.6 Å². The molecule has 0 spiro atoms. The van der Waals surface area contributed by atoms with Crippen molar-refractivity contribution in [2.24, 2.45) is 0 Å². The van der Waals surface area contributed by atoms with Crippen LogP contribution in [0.4, 0.5) is 0 Å². The quantitative estimate of drug-likeness (QED) is 0.174. The molecule has 24 heavy (non-hydrogen) atoms. The van der Waals surface area contributed by atoms with E-state index in [4.69, 9.17) is 15.1 Å². The van der Waals surface area contributed by atoms with E-state index in [1.807, 2.05) is 0 Å². The first kappa shape index (κ1) is 31.6. The zero-order valence-corrected chi connectivity index (χ0v) is 18.6. The molecule has 0 radical (unpaired) electrons. The third kappa shape index (κ3) is 49.5. The molecular weight excluding hydrogens is 317 g/mol. The third-order valence-corrected chi connectivity index (χ3v) is 3.04. The van der Waals surface area contributed by atoms with Crippen LogP contribution >= 0.6 is 0 Å². The van der Waals surface area contributed by atoms with Gasteiger partial charge in [0.25, 0.3) is 5.97 Å². The summed E-state index contributed by atoms with van der Waals surface area (Å²) in [5.74, 6) is -1.10. The molecular formula is C18H38NNaO4. The number of carboxylic acids is 1. The van der Waals surface area contributed by atoms with Crippen LogP contribution in [-0.4, -0.2) is 22.2 Å². The standard InChI is InChI=1S/C12H25NO2.C4H9.C2H4O2.Na/c1-2-3-4-5-6-7-8-9-10-11-12(14)13-15;1-3-4-2;1-2(3)4;/h15H,2-11H2,1H3,(H,13,14);3H,4H2,1-2H3;1H3,(H,3,4);/q;-1;;+1. The molecule has 0 unspecified atom stereocenters. The fourth-order valence-corrected chi connectivity index (χ4v) is 1.65. The summed E-state index contributed by atoms with van der Waals surface area (Å²) in [5.41, 5.74) is 1.65. The van der Waals surface area contributed by atoms with Crippen LogP contribution in [0.5, 0.6) is 0 Å². The Balaban J connectivity index is -0.000000186. The van der Waals surface area contributed by atoms with E-state index in [0.717, 1.165) is 19.8 Å². The van der Waals surface area contributed by atoms with Crippen molar-refractivity contribution in [3.05, 3.63) is 6.42 Å². The second kappa shape index (κ2) is 30.7. The molecule has 6 heteroatoms. The van der Waals surface area contributed by atoms with Gasteiger partial charge in [-0.15, -0.1) is 0 Å². The second-order valence-corrected chi connectivity index (χ2v) is 5.45. The number of hydrogen-bond acceptors (Lipinski definition) is 3. The summed E-state index contributed by atoms with van der Waals surface area (Å²) in [6.45, 7) is 7.49. The average Bonchev–Trinajstić information content (AvgIpc) is 2.52. The first-order valence-corrected chi connectivity index (χ1v) is 8.86. The summed E-state index contributed by atoms with van der Waals surface area (Å²) < 4.78 is 0. The number of hydroxylamine groups is 1. The molecule has 0 rings (SSSR count). The molecule has 0 aromatic heterocycles. The van der Waals surface area contributed by atoms with E-state index in [1.54, 1.807) is 5.48 Å². The smallest absolute Gasteiger partial charge is 0.481 e. The van der Waals surface area contributed by atoms with Gasteiger partial charge in [-0.05, 0) is 6.42 Å². The van der Waals surface area contributed by atoms with Crippen molar-refractivity contribution in [1.82, 2.24) is 5.48 Å². The minimum absolute atomic E-state index is 0. The van der Waals surface area contributed by atoms with Crippen LogP contribution in [0.25, 0.3) is 0 Å². The van der Waals surface area contributed by atoms with Crippen molar-refractivity contribution >= 4 is 11.9 Å². The molecule has 0 saturated carbocycles. The van der Waals surface area contributed by atoms with Gasteiger partial charge in [0, 0.05) is 13.3 Å². The Morgan fingerprint density at radius 2 is 1.25 bits per heavy atom. The summed E-state index contributed by atoms with van der Waals surface area (Å²) in [6, 6.07) is 0. The summed E-state index contributed by atoms with van der Waals surface area (Å²) in [5, 5.41) is 15.7. The molecule has 5 nitrogen and oxygen atoms in total. The largest absolute Gasteiger partial charge is 1.00 e. The second-order valence-electron chi connectivity index (χ2n) is 5.45. The van der Waals surface area contributed by atoms with Crippen molar-refractivity contribution < 1.29 is 49.5 Å². The van der Waals surface area contributed by atoms with E-state index in [9.17, 15) is 4.79 Å². The summed E-state index contributed by atoms with van der Waals surface area (Å²) in [6.07, 6.45) is 15.0. The molecule has 0 aromatic rings. The van der Waals surface area contributed by atoms with Crippen molar-refractivity contribution in [2.75, 3.05) is 0 Å². The molecule has 0 aromatic carbocycles. The number of carbonyl (C=O) groups excluding carboxylic acids is 1. The van der Waals surface area contributed by atoms with E-state index < -0.39 is 5.97 Å². The monoisotopic (exact) mass is 355 g/mol. The third-order valence-electron chi connectivity index (χ3n) is 3.04. The van der Waals surface area contributed by atoms with Gasteiger partial charge in [0.05, 0.1) is 0 Å². The van der Waals surface area contributed by atoms with E-state index in [-0.39, 0.29) is 35.5 Å². The Bertz CT molecular complexity index is 245. The molecule has 0 aliphatic rings. The maximum Gasteiger partial charge on any atom is 1.00 e. The summed E-state index contributed by atoms with van der Waals surface area (Å²) in [4.78, 5) is 19.7. The summed E-state index contributed by atoms with van der Waals surface area (Å²) >= 11 is 0. The molecule has 0 aliphatic carbocycles. The Hall–Kier alpha value is -0.100. The van der Waals surface area contributed by atoms with Crippen LogP contribution in [0.1, 0.15) is 98.3 Å². The normalized spacial score (nSPS) is 8.71. The maximum absolute atomic E-state index is 10.7. The van der Waals surface area contributed by atoms with Crippen molar-refractivity contribution in [3.63, 3.8) is 0 Å².